The van der Waals surface area contributed by atoms with Crippen molar-refractivity contribution < 1.29 is 4.74 Å². The number of hydrogen-bond acceptors (Lipinski definition) is 8. The molecule has 0 aromatic rings. The Kier molecular flexibility index (Phi) is 53.8. The van der Waals surface area contributed by atoms with E-state index in [2.05, 4.69) is 285 Å². The molecule has 2 unspecified atom stereocenters. The van der Waals surface area contributed by atoms with Gasteiger partial charge in [0.25, 0.3) is 0 Å². The third kappa shape index (κ3) is 70.1. The van der Waals surface area contributed by atoms with E-state index in [9.17, 15) is 0 Å². The molecule has 0 aromatic carbocycles. The number of nitrogens with one attached hydrogen (secondary N) is 3. The van der Waals surface area contributed by atoms with Crippen LogP contribution in [0.1, 0.15) is 309 Å². The number of nitrogens with zero attached hydrogens (tertiary/aromatic N) is 4. The second-order valence-electron chi connectivity index (χ2n) is 32.7. The van der Waals surface area contributed by atoms with Crippen molar-refractivity contribution in [1.29, 1.82) is 0 Å². The van der Waals surface area contributed by atoms with Gasteiger partial charge in [-0.15, -0.1) is 0 Å². The second kappa shape index (κ2) is 46.0. The molecular formula is C71H163N7O. The third-order valence-corrected chi connectivity index (χ3v) is 14.2. The Labute approximate surface area is 505 Å². The zero-order valence-electron chi connectivity index (χ0n) is 61.8. The first-order valence-corrected chi connectivity index (χ1v) is 32.7. The minimum Gasteiger partial charge on any atom is -0.376 e. The highest BCUT2D eigenvalue weighted by Crippen LogP contribution is 2.31. The molecule has 0 radical (unpaired) electrons. The Morgan fingerprint density at radius 1 is 0.481 bits per heavy atom. The van der Waals surface area contributed by atoms with Gasteiger partial charge >= 0.3 is 0 Å². The van der Waals surface area contributed by atoms with Crippen molar-refractivity contribution in [3.05, 3.63) is 0 Å². The third-order valence-electron chi connectivity index (χ3n) is 14.2. The van der Waals surface area contributed by atoms with Crippen LogP contribution < -0.4 is 16.0 Å². The van der Waals surface area contributed by atoms with Crippen LogP contribution in [-0.2, 0) is 4.74 Å². The Balaban J connectivity index is -0.000000150. The highest BCUT2D eigenvalue weighted by molar-refractivity contribution is 4.85. The molecule has 0 aliphatic carbocycles. The van der Waals surface area contributed by atoms with Gasteiger partial charge < -0.3 is 30.5 Å². The maximum absolute atomic E-state index is 5.23. The molecule has 3 heterocycles. The van der Waals surface area contributed by atoms with Crippen molar-refractivity contribution in [2.75, 3.05) is 91.7 Å². The normalized spacial score (nSPS) is 17.6. The fourth-order valence-corrected chi connectivity index (χ4v) is 8.58. The number of piperazine rings is 2. The van der Waals surface area contributed by atoms with E-state index >= 15 is 0 Å². The van der Waals surface area contributed by atoms with Crippen molar-refractivity contribution in [2.24, 2.45) is 33.5 Å². The van der Waals surface area contributed by atoms with E-state index in [1.165, 1.54) is 117 Å². The quantitative estimate of drug-likeness (QED) is 0.211. The topological polar surface area (TPSA) is 58.3 Å². The van der Waals surface area contributed by atoms with Gasteiger partial charge in [-0.1, -0.05) is 166 Å². The first kappa shape index (κ1) is 92.4. The van der Waals surface area contributed by atoms with Gasteiger partial charge in [0.15, 0.2) is 0 Å². The smallest absolute Gasteiger partial charge is 0.0598 e. The largest absolute Gasteiger partial charge is 0.376 e. The maximum atomic E-state index is 5.23. The summed E-state index contributed by atoms with van der Waals surface area (Å²) in [6.45, 7) is 99.1. The molecule has 3 rings (SSSR count). The van der Waals surface area contributed by atoms with Gasteiger partial charge in [-0.2, -0.15) is 0 Å². The zero-order chi connectivity index (χ0) is 63.2. The summed E-state index contributed by atoms with van der Waals surface area (Å²) in [5, 5.41) is 10.1. The highest BCUT2D eigenvalue weighted by Gasteiger charge is 2.28. The molecular weight excluding hydrogens is 967 g/mol. The average molecular weight is 1130 g/mol. The Bertz CT molecular complexity index is 1150. The molecule has 3 aliphatic heterocycles. The Morgan fingerprint density at radius 2 is 0.810 bits per heavy atom. The van der Waals surface area contributed by atoms with Gasteiger partial charge in [-0.3, -0.25) is 9.80 Å². The van der Waals surface area contributed by atoms with Crippen LogP contribution in [0.3, 0.4) is 0 Å². The summed E-state index contributed by atoms with van der Waals surface area (Å²) in [5.74, 6) is 1.63. The Hall–Kier alpha value is -0.320. The van der Waals surface area contributed by atoms with E-state index in [0.29, 0.717) is 43.8 Å². The SMILES string of the molecule is C.CC(C)(C)C1CCCN1.CC(C)C(C)C(C)(C)C.CCC(C)(C)C.CCCC(C)(C)C.CCCN1CCN(C(C)(C)C)CC1.CCCN1CCN(C(C)(C)C)CC1.CCNC(C)(C)C.CCNC(C)(C)C.CCOC(C)(C)C. The van der Waals surface area contributed by atoms with E-state index < -0.39 is 0 Å². The summed E-state index contributed by atoms with van der Waals surface area (Å²) in [7, 11) is 0. The first-order valence-electron chi connectivity index (χ1n) is 32.7. The molecule has 0 aromatic heterocycles. The molecule has 3 fully saturated rings. The van der Waals surface area contributed by atoms with Crippen LogP contribution in [-0.4, -0.2) is 145 Å². The summed E-state index contributed by atoms with van der Waals surface area (Å²) in [6, 6.07) is 0.762. The zero-order valence-corrected chi connectivity index (χ0v) is 61.8. The summed E-state index contributed by atoms with van der Waals surface area (Å²) < 4.78 is 5.23. The summed E-state index contributed by atoms with van der Waals surface area (Å²) in [5.41, 5.74) is 3.41. The molecule has 0 saturated carbocycles. The fraction of sp³-hybridized carbons (Fsp3) is 1.00. The van der Waals surface area contributed by atoms with Crippen LogP contribution in [0.5, 0.6) is 0 Å². The maximum Gasteiger partial charge on any atom is 0.0598 e. The Morgan fingerprint density at radius 3 is 0.899 bits per heavy atom. The fourth-order valence-electron chi connectivity index (χ4n) is 8.58. The summed E-state index contributed by atoms with van der Waals surface area (Å²) >= 11 is 0. The molecule has 488 valence electrons. The predicted molar refractivity (Wildman–Crippen MR) is 369 cm³/mol. The molecule has 8 nitrogen and oxygen atoms in total. The lowest BCUT2D eigenvalue weighted by atomic mass is 9.76. The predicted octanol–water partition coefficient (Wildman–Crippen LogP) is 19.3. The summed E-state index contributed by atoms with van der Waals surface area (Å²) in [6.07, 6.45) is 9.22. The van der Waals surface area contributed by atoms with Crippen molar-refractivity contribution in [3.63, 3.8) is 0 Å². The van der Waals surface area contributed by atoms with Crippen LogP contribution in [0, 0.1) is 33.5 Å². The van der Waals surface area contributed by atoms with Gasteiger partial charge in [0, 0.05) is 87.2 Å². The monoisotopic (exact) mass is 1130 g/mol. The molecule has 0 bridgehead atoms. The van der Waals surface area contributed by atoms with Crippen molar-refractivity contribution in [1.82, 2.24) is 35.6 Å². The molecule has 0 amide bonds. The minimum atomic E-state index is 0. The van der Waals surface area contributed by atoms with Crippen molar-refractivity contribution in [3.8, 4) is 0 Å². The lowest BCUT2D eigenvalue weighted by Gasteiger charge is -2.42. The van der Waals surface area contributed by atoms with Gasteiger partial charge in [0.1, 0.15) is 0 Å². The molecule has 3 N–H and O–H groups in total. The van der Waals surface area contributed by atoms with Crippen LogP contribution in [0.4, 0.5) is 0 Å². The van der Waals surface area contributed by atoms with E-state index in [0.717, 1.165) is 37.6 Å². The van der Waals surface area contributed by atoms with Crippen molar-refractivity contribution in [2.45, 2.75) is 342 Å². The van der Waals surface area contributed by atoms with Gasteiger partial charge in [0.05, 0.1) is 5.60 Å². The van der Waals surface area contributed by atoms with Crippen LogP contribution >= 0.6 is 0 Å². The highest BCUT2D eigenvalue weighted by atomic mass is 16.5. The van der Waals surface area contributed by atoms with E-state index in [1.54, 1.807) is 0 Å². The molecule has 0 spiro atoms. The molecule has 79 heavy (non-hydrogen) atoms. The molecule has 2 atom stereocenters. The lowest BCUT2D eigenvalue weighted by Crippen LogP contribution is -2.53. The number of hydrogen-bond donors (Lipinski definition) is 3. The lowest BCUT2D eigenvalue weighted by molar-refractivity contribution is 0.00531. The van der Waals surface area contributed by atoms with Gasteiger partial charge in [-0.05, 0) is 209 Å². The van der Waals surface area contributed by atoms with Crippen LogP contribution in [0.2, 0.25) is 0 Å². The van der Waals surface area contributed by atoms with Gasteiger partial charge in [-0.25, -0.2) is 0 Å². The second-order valence-corrected chi connectivity index (χ2v) is 32.7. The van der Waals surface area contributed by atoms with E-state index in [1.807, 2.05) is 6.92 Å². The molecule has 3 saturated heterocycles. The van der Waals surface area contributed by atoms with Gasteiger partial charge in [0.2, 0.25) is 0 Å². The standard InChI is InChI=1S/2C11H24N2.C9H20.C8H17N.C7H16.2C6H15N.C6H14O.C6H14.CH4/c2*1-5-6-12-7-9-13(10-8-12)11(2,3)4;1-7(2)8(3)9(4,5)6;1-8(2,3)7-5-4-6-9-7;1-5-6-7(2,3)4;3*1-5-7-6(2,3)4;1-5-6(2,3)4;/h2*5-10H2,1-4H3;7-8H,1-6H3;7,9H,4-6H2,1-3H3;5-6H2,1-4H3;2*7H,5H2,1-4H3;5H2,1-4H3;5H2,1-4H3;1H4. The number of rotatable bonds is 9. The minimum absolute atomic E-state index is 0. The van der Waals surface area contributed by atoms with E-state index in [-0.39, 0.29) is 13.0 Å². The summed E-state index contributed by atoms with van der Waals surface area (Å²) in [4.78, 5) is 10.3. The molecule has 3 aliphatic rings. The molecule has 8 heteroatoms. The first-order chi connectivity index (χ1) is 34.8. The van der Waals surface area contributed by atoms with E-state index in [4.69, 9.17) is 4.74 Å². The van der Waals surface area contributed by atoms with Crippen molar-refractivity contribution >= 4 is 0 Å². The number of ether oxygens (including phenoxy) is 1. The van der Waals surface area contributed by atoms with Crippen LogP contribution in [0.15, 0.2) is 0 Å². The average Bonchev–Trinajstić information content (AvgIpc) is 3.80. The van der Waals surface area contributed by atoms with Crippen LogP contribution in [0.25, 0.3) is 0 Å².